The lowest BCUT2D eigenvalue weighted by Crippen LogP contribution is -2.35. The van der Waals surface area contributed by atoms with E-state index in [1.54, 1.807) is 25.1 Å². The number of ether oxygens (including phenoxy) is 1. The van der Waals surface area contributed by atoms with E-state index in [1.807, 2.05) is 6.92 Å². The average Bonchev–Trinajstić information content (AvgIpc) is 2.31. The van der Waals surface area contributed by atoms with E-state index in [2.05, 4.69) is 15.9 Å². The summed E-state index contributed by atoms with van der Waals surface area (Å²) in [6, 6.07) is 4.86. The van der Waals surface area contributed by atoms with Gasteiger partial charge in [0, 0.05) is 12.7 Å². The third-order valence-electron chi connectivity index (χ3n) is 3.02. The monoisotopic (exact) mass is 290 g/mol. The summed E-state index contributed by atoms with van der Waals surface area (Å²) in [5.41, 5.74) is -0.526. The molecule has 0 spiro atoms. The van der Waals surface area contributed by atoms with Crippen LogP contribution in [0.2, 0.25) is 0 Å². The lowest BCUT2D eigenvalue weighted by molar-refractivity contribution is -0.0956. The molecule has 1 aromatic carbocycles. The van der Waals surface area contributed by atoms with Crippen LogP contribution in [0.1, 0.15) is 31.9 Å². The molecule has 0 fully saturated rings. The fourth-order valence-corrected chi connectivity index (χ4v) is 1.89. The van der Waals surface area contributed by atoms with Crippen LogP contribution in [0.4, 0.5) is 4.39 Å². The fraction of sp³-hybridized carbons (Fsp3) is 0.500. The molecule has 0 radical (unpaired) electrons. The Morgan fingerprint density at radius 2 is 2.19 bits per heavy atom. The summed E-state index contributed by atoms with van der Waals surface area (Å²) in [6.07, 6.45) is -0.392. The second kappa shape index (κ2) is 5.25. The minimum Gasteiger partial charge on any atom is -0.385 e. The van der Waals surface area contributed by atoms with Gasteiger partial charge in [0.25, 0.3) is 0 Å². The number of aliphatic hydroxyl groups excluding tert-OH is 1. The Bertz CT molecular complexity index is 364. The lowest BCUT2D eigenvalue weighted by atomic mass is 9.90. The number of benzene rings is 1. The molecule has 0 saturated carbocycles. The second-order valence-electron chi connectivity index (χ2n) is 3.92. The van der Waals surface area contributed by atoms with Gasteiger partial charge in [0.15, 0.2) is 0 Å². The van der Waals surface area contributed by atoms with Crippen molar-refractivity contribution < 1.29 is 14.2 Å². The topological polar surface area (TPSA) is 29.5 Å². The average molecular weight is 291 g/mol. The van der Waals surface area contributed by atoms with Crippen molar-refractivity contribution in [2.45, 2.75) is 32.0 Å². The number of aliphatic hydroxyl groups is 1. The SMILES string of the molecule is CCC(C)(OC)C(O)c1cccc(Br)c1F. The van der Waals surface area contributed by atoms with Crippen LogP contribution in [0, 0.1) is 5.82 Å². The molecule has 2 nitrogen and oxygen atoms in total. The highest BCUT2D eigenvalue weighted by Crippen LogP contribution is 2.34. The molecule has 0 bridgehead atoms. The van der Waals surface area contributed by atoms with E-state index in [9.17, 15) is 9.50 Å². The van der Waals surface area contributed by atoms with Crippen molar-refractivity contribution in [1.82, 2.24) is 0 Å². The summed E-state index contributed by atoms with van der Waals surface area (Å²) in [5, 5.41) is 10.2. The maximum atomic E-state index is 13.8. The molecule has 2 atom stereocenters. The van der Waals surface area contributed by atoms with E-state index in [1.165, 1.54) is 7.11 Å². The van der Waals surface area contributed by atoms with Crippen molar-refractivity contribution in [2.24, 2.45) is 0 Å². The van der Waals surface area contributed by atoms with Crippen molar-refractivity contribution >= 4 is 15.9 Å². The van der Waals surface area contributed by atoms with Crippen LogP contribution in [-0.2, 0) is 4.74 Å². The van der Waals surface area contributed by atoms with Crippen LogP contribution in [0.25, 0.3) is 0 Å². The molecule has 1 N–H and O–H groups in total. The predicted molar refractivity (Wildman–Crippen MR) is 64.8 cm³/mol. The number of hydrogen-bond donors (Lipinski definition) is 1. The number of rotatable bonds is 4. The highest BCUT2D eigenvalue weighted by molar-refractivity contribution is 9.10. The van der Waals surface area contributed by atoms with Gasteiger partial charge < -0.3 is 9.84 Å². The molecule has 0 saturated heterocycles. The van der Waals surface area contributed by atoms with Crippen molar-refractivity contribution in [3.63, 3.8) is 0 Å². The van der Waals surface area contributed by atoms with Gasteiger partial charge in [0.1, 0.15) is 11.9 Å². The van der Waals surface area contributed by atoms with Gasteiger partial charge in [-0.3, -0.25) is 0 Å². The van der Waals surface area contributed by atoms with Gasteiger partial charge in [-0.25, -0.2) is 4.39 Å². The molecule has 1 aromatic rings. The van der Waals surface area contributed by atoms with Crippen LogP contribution in [0.5, 0.6) is 0 Å². The van der Waals surface area contributed by atoms with Crippen molar-refractivity contribution in [3.05, 3.63) is 34.1 Å². The highest BCUT2D eigenvalue weighted by Gasteiger charge is 2.34. The molecule has 0 aliphatic carbocycles. The summed E-state index contributed by atoms with van der Waals surface area (Å²) in [4.78, 5) is 0. The Morgan fingerprint density at radius 3 is 2.69 bits per heavy atom. The summed E-state index contributed by atoms with van der Waals surface area (Å²) in [7, 11) is 1.52. The molecule has 0 aliphatic rings. The van der Waals surface area contributed by atoms with Gasteiger partial charge >= 0.3 is 0 Å². The summed E-state index contributed by atoms with van der Waals surface area (Å²) in [6.45, 7) is 3.65. The van der Waals surface area contributed by atoms with E-state index >= 15 is 0 Å². The third-order valence-corrected chi connectivity index (χ3v) is 3.64. The molecule has 90 valence electrons. The highest BCUT2D eigenvalue weighted by atomic mass is 79.9. The lowest BCUT2D eigenvalue weighted by Gasteiger charge is -2.32. The molecule has 0 aliphatic heterocycles. The fourth-order valence-electron chi connectivity index (χ4n) is 1.51. The summed E-state index contributed by atoms with van der Waals surface area (Å²) < 4.78 is 19.4. The minimum atomic E-state index is -0.986. The van der Waals surface area contributed by atoms with Gasteiger partial charge in [0.2, 0.25) is 0 Å². The molecule has 0 aromatic heterocycles. The van der Waals surface area contributed by atoms with Crippen LogP contribution in [-0.4, -0.2) is 17.8 Å². The van der Waals surface area contributed by atoms with E-state index in [4.69, 9.17) is 4.74 Å². The smallest absolute Gasteiger partial charge is 0.143 e. The van der Waals surface area contributed by atoms with Crippen molar-refractivity contribution in [3.8, 4) is 0 Å². The summed E-state index contributed by atoms with van der Waals surface area (Å²) in [5.74, 6) is -0.438. The van der Waals surface area contributed by atoms with Crippen molar-refractivity contribution in [2.75, 3.05) is 7.11 Å². The van der Waals surface area contributed by atoms with Gasteiger partial charge in [-0.2, -0.15) is 0 Å². The van der Waals surface area contributed by atoms with Crippen LogP contribution in [0.15, 0.2) is 22.7 Å². The van der Waals surface area contributed by atoms with Crippen molar-refractivity contribution in [1.29, 1.82) is 0 Å². The van der Waals surface area contributed by atoms with Crippen LogP contribution >= 0.6 is 15.9 Å². The van der Waals surface area contributed by atoms with E-state index in [0.29, 0.717) is 10.9 Å². The molecule has 1 rings (SSSR count). The van der Waals surface area contributed by atoms with Crippen LogP contribution < -0.4 is 0 Å². The van der Waals surface area contributed by atoms with E-state index in [-0.39, 0.29) is 5.56 Å². The van der Waals surface area contributed by atoms with Crippen LogP contribution in [0.3, 0.4) is 0 Å². The van der Waals surface area contributed by atoms with E-state index in [0.717, 1.165) is 0 Å². The van der Waals surface area contributed by atoms with Gasteiger partial charge in [-0.1, -0.05) is 19.1 Å². The maximum absolute atomic E-state index is 13.8. The third kappa shape index (κ3) is 2.44. The molecule has 0 heterocycles. The largest absolute Gasteiger partial charge is 0.385 e. The molecule has 0 amide bonds. The molecular formula is C12H16BrFO2. The zero-order valence-corrected chi connectivity index (χ0v) is 11.2. The summed E-state index contributed by atoms with van der Waals surface area (Å²) >= 11 is 3.10. The quantitative estimate of drug-likeness (QED) is 0.921. The second-order valence-corrected chi connectivity index (χ2v) is 4.77. The first kappa shape index (κ1) is 13.6. The zero-order chi connectivity index (χ0) is 12.3. The first-order valence-corrected chi connectivity index (χ1v) is 5.92. The number of methoxy groups -OCH3 is 1. The van der Waals surface area contributed by atoms with Gasteiger partial charge in [-0.15, -0.1) is 0 Å². The molecule has 4 heteroatoms. The molecule has 2 unspecified atom stereocenters. The first-order chi connectivity index (χ1) is 7.46. The molecular weight excluding hydrogens is 275 g/mol. The number of halogens is 2. The zero-order valence-electron chi connectivity index (χ0n) is 9.63. The maximum Gasteiger partial charge on any atom is 0.143 e. The normalized spacial score (nSPS) is 16.9. The Balaban J connectivity index is 3.13. The predicted octanol–water partition coefficient (Wildman–Crippen LogP) is 3.44. The minimum absolute atomic E-state index is 0.251. The van der Waals surface area contributed by atoms with E-state index < -0.39 is 17.5 Å². The first-order valence-electron chi connectivity index (χ1n) is 5.13. The Morgan fingerprint density at radius 1 is 1.56 bits per heavy atom. The van der Waals surface area contributed by atoms with Gasteiger partial charge in [-0.05, 0) is 35.3 Å². The Hall–Kier alpha value is -0.450. The Labute approximate surface area is 104 Å². The standard InChI is InChI=1S/C12H16BrFO2/c1-4-12(2,16-3)11(15)8-6-5-7-9(13)10(8)14/h5-7,11,15H,4H2,1-3H3. The Kier molecular flexibility index (Phi) is 4.47. The van der Waals surface area contributed by atoms with Gasteiger partial charge in [0.05, 0.1) is 10.1 Å². The number of hydrogen-bond acceptors (Lipinski definition) is 2. The molecule has 16 heavy (non-hydrogen) atoms.